The van der Waals surface area contributed by atoms with Gasteiger partial charge in [0, 0.05) is 19.3 Å². The molecule has 1 aliphatic rings. The Balaban J connectivity index is 1.91. The summed E-state index contributed by atoms with van der Waals surface area (Å²) in [5, 5.41) is 0. The topological polar surface area (TPSA) is 70.1 Å². The summed E-state index contributed by atoms with van der Waals surface area (Å²) in [6, 6.07) is 0. The summed E-state index contributed by atoms with van der Waals surface area (Å²) in [6.45, 7) is 1.21. The van der Waals surface area contributed by atoms with Crippen LogP contribution in [0.15, 0.2) is 12.5 Å². The van der Waals surface area contributed by atoms with Crippen LogP contribution in [0.25, 0.3) is 0 Å². The van der Waals surface area contributed by atoms with Crippen LogP contribution in [0.3, 0.4) is 0 Å². The van der Waals surface area contributed by atoms with E-state index in [4.69, 9.17) is 10.5 Å². The molecule has 2 rings (SSSR count). The van der Waals surface area contributed by atoms with E-state index in [0.29, 0.717) is 18.8 Å². The molecule has 0 saturated heterocycles. The minimum atomic E-state index is -0.317. The molecule has 0 bridgehead atoms. The maximum absolute atomic E-state index is 11.7. The second-order valence-electron chi connectivity index (χ2n) is 4.10. The molecular weight excluding hydrogens is 206 g/mol. The van der Waals surface area contributed by atoms with Gasteiger partial charge in [0.1, 0.15) is 6.10 Å². The van der Waals surface area contributed by atoms with Gasteiger partial charge < -0.3 is 15.0 Å². The molecule has 0 unspecified atom stereocenters. The lowest BCUT2D eigenvalue weighted by Crippen LogP contribution is -2.15. The number of carbonyl (C=O) groups is 1. The van der Waals surface area contributed by atoms with Crippen molar-refractivity contribution in [1.29, 1.82) is 0 Å². The zero-order chi connectivity index (χ0) is 11.4. The Morgan fingerprint density at radius 3 is 3.00 bits per heavy atom. The van der Waals surface area contributed by atoms with Crippen molar-refractivity contribution in [3.63, 3.8) is 0 Å². The van der Waals surface area contributed by atoms with Crippen LogP contribution >= 0.6 is 0 Å². The number of ether oxygens (including phenoxy) is 1. The number of aromatic nitrogens is 2. The second-order valence-corrected chi connectivity index (χ2v) is 4.10. The monoisotopic (exact) mass is 223 g/mol. The van der Waals surface area contributed by atoms with Gasteiger partial charge in [-0.25, -0.2) is 9.78 Å². The predicted molar refractivity (Wildman–Crippen MR) is 59.0 cm³/mol. The summed E-state index contributed by atoms with van der Waals surface area (Å²) in [4.78, 5) is 15.7. The normalized spacial score (nSPS) is 16.6. The van der Waals surface area contributed by atoms with Crippen LogP contribution in [0.2, 0.25) is 0 Å². The van der Waals surface area contributed by atoms with Gasteiger partial charge >= 0.3 is 5.97 Å². The van der Waals surface area contributed by atoms with Crippen LogP contribution in [-0.2, 0) is 11.3 Å². The van der Waals surface area contributed by atoms with E-state index in [1.165, 1.54) is 0 Å². The predicted octanol–water partition coefficient (Wildman–Crippen LogP) is 0.941. The Morgan fingerprint density at radius 2 is 2.31 bits per heavy atom. The fourth-order valence-corrected chi connectivity index (χ4v) is 1.95. The Labute approximate surface area is 94.6 Å². The highest BCUT2D eigenvalue weighted by Gasteiger charge is 2.21. The van der Waals surface area contributed by atoms with Gasteiger partial charge in [0.15, 0.2) is 5.69 Å². The summed E-state index contributed by atoms with van der Waals surface area (Å²) in [5.41, 5.74) is 5.79. The molecule has 1 fully saturated rings. The molecule has 0 amide bonds. The van der Waals surface area contributed by atoms with Crippen LogP contribution in [0, 0.1) is 0 Å². The van der Waals surface area contributed by atoms with E-state index in [-0.39, 0.29) is 12.1 Å². The average Bonchev–Trinajstić information content (AvgIpc) is 2.89. The van der Waals surface area contributed by atoms with Crippen molar-refractivity contribution < 1.29 is 9.53 Å². The highest BCUT2D eigenvalue weighted by Crippen LogP contribution is 2.21. The minimum absolute atomic E-state index is 0.0900. The average molecular weight is 223 g/mol. The van der Waals surface area contributed by atoms with E-state index >= 15 is 0 Å². The fraction of sp³-hybridized carbons (Fsp3) is 0.636. The number of hydrogen-bond acceptors (Lipinski definition) is 4. The zero-order valence-electron chi connectivity index (χ0n) is 9.26. The number of carbonyl (C=O) groups excluding carboxylic acids is 1. The van der Waals surface area contributed by atoms with Gasteiger partial charge in [0.2, 0.25) is 0 Å². The van der Waals surface area contributed by atoms with Gasteiger partial charge in [-0.05, 0) is 25.7 Å². The van der Waals surface area contributed by atoms with E-state index in [1.807, 2.05) is 0 Å². The first-order valence-electron chi connectivity index (χ1n) is 5.72. The fourth-order valence-electron chi connectivity index (χ4n) is 1.95. The van der Waals surface area contributed by atoms with Gasteiger partial charge in [-0.3, -0.25) is 0 Å². The number of hydrogen-bond donors (Lipinski definition) is 1. The highest BCUT2D eigenvalue weighted by molar-refractivity contribution is 5.87. The lowest BCUT2D eigenvalue weighted by Gasteiger charge is -2.09. The van der Waals surface area contributed by atoms with Crippen molar-refractivity contribution in [2.75, 3.05) is 6.54 Å². The molecule has 2 N–H and O–H groups in total. The maximum Gasteiger partial charge on any atom is 0.358 e. The van der Waals surface area contributed by atoms with E-state index in [2.05, 4.69) is 4.98 Å². The lowest BCUT2D eigenvalue weighted by atomic mass is 10.3. The Kier molecular flexibility index (Phi) is 3.56. The minimum Gasteiger partial charge on any atom is -0.458 e. The first-order chi connectivity index (χ1) is 7.79. The van der Waals surface area contributed by atoms with Crippen LogP contribution in [0.5, 0.6) is 0 Å². The van der Waals surface area contributed by atoms with Gasteiger partial charge in [-0.15, -0.1) is 0 Å². The van der Waals surface area contributed by atoms with Crippen molar-refractivity contribution in [1.82, 2.24) is 9.55 Å². The molecule has 0 aliphatic heterocycles. The SMILES string of the molecule is NCCn1cnc(C(=O)OC2CCCC2)c1. The molecule has 1 aromatic rings. The van der Waals surface area contributed by atoms with Crippen molar-refractivity contribution in [3.8, 4) is 0 Å². The van der Waals surface area contributed by atoms with Crippen molar-refractivity contribution in [2.24, 2.45) is 5.73 Å². The molecule has 1 aromatic heterocycles. The second kappa shape index (κ2) is 5.12. The molecule has 0 atom stereocenters. The molecule has 5 nitrogen and oxygen atoms in total. The van der Waals surface area contributed by atoms with Crippen molar-refractivity contribution in [2.45, 2.75) is 38.3 Å². The summed E-state index contributed by atoms with van der Waals surface area (Å²) >= 11 is 0. The molecule has 16 heavy (non-hydrogen) atoms. The smallest absolute Gasteiger partial charge is 0.358 e. The largest absolute Gasteiger partial charge is 0.458 e. The zero-order valence-corrected chi connectivity index (χ0v) is 9.26. The van der Waals surface area contributed by atoms with E-state index in [0.717, 1.165) is 25.7 Å². The molecular formula is C11H17N3O2. The summed E-state index contributed by atoms with van der Waals surface area (Å²) in [7, 11) is 0. The third-order valence-corrected chi connectivity index (χ3v) is 2.81. The number of rotatable bonds is 4. The van der Waals surface area contributed by atoms with Gasteiger partial charge in [-0.2, -0.15) is 0 Å². The molecule has 0 spiro atoms. The van der Waals surface area contributed by atoms with E-state index in [9.17, 15) is 4.79 Å². The Morgan fingerprint density at radius 1 is 1.56 bits per heavy atom. The molecule has 1 heterocycles. The van der Waals surface area contributed by atoms with Crippen LogP contribution < -0.4 is 5.73 Å². The molecule has 0 aromatic carbocycles. The highest BCUT2D eigenvalue weighted by atomic mass is 16.5. The summed E-state index contributed by atoms with van der Waals surface area (Å²) < 4.78 is 7.14. The van der Waals surface area contributed by atoms with E-state index in [1.54, 1.807) is 17.1 Å². The Hall–Kier alpha value is -1.36. The van der Waals surface area contributed by atoms with Crippen molar-refractivity contribution in [3.05, 3.63) is 18.2 Å². The third kappa shape index (κ3) is 2.61. The lowest BCUT2D eigenvalue weighted by molar-refractivity contribution is 0.0311. The third-order valence-electron chi connectivity index (χ3n) is 2.81. The number of imidazole rings is 1. The molecule has 5 heteroatoms. The summed E-state index contributed by atoms with van der Waals surface area (Å²) in [6.07, 6.45) is 7.65. The quantitative estimate of drug-likeness (QED) is 0.771. The van der Waals surface area contributed by atoms with Crippen LogP contribution in [0.4, 0.5) is 0 Å². The van der Waals surface area contributed by atoms with Gasteiger partial charge in [0.05, 0.1) is 6.33 Å². The maximum atomic E-state index is 11.7. The number of nitrogens with two attached hydrogens (primary N) is 1. The number of esters is 1. The van der Waals surface area contributed by atoms with Crippen LogP contribution in [0.1, 0.15) is 36.2 Å². The van der Waals surface area contributed by atoms with E-state index < -0.39 is 0 Å². The molecule has 88 valence electrons. The van der Waals surface area contributed by atoms with Crippen molar-refractivity contribution >= 4 is 5.97 Å². The molecule has 1 saturated carbocycles. The first kappa shape index (κ1) is 11.1. The summed E-state index contributed by atoms with van der Waals surface area (Å²) in [5.74, 6) is -0.317. The number of nitrogens with zero attached hydrogens (tertiary/aromatic N) is 2. The Bertz CT molecular complexity index is 356. The van der Waals surface area contributed by atoms with Gasteiger partial charge in [-0.1, -0.05) is 0 Å². The van der Waals surface area contributed by atoms with Gasteiger partial charge in [0.25, 0.3) is 0 Å². The van der Waals surface area contributed by atoms with Crippen LogP contribution in [-0.4, -0.2) is 28.2 Å². The molecule has 0 radical (unpaired) electrons. The standard InChI is InChI=1S/C11H17N3O2/c12-5-6-14-7-10(13-8-14)11(15)16-9-3-1-2-4-9/h7-9H,1-6,12H2. The first-order valence-corrected chi connectivity index (χ1v) is 5.72. The molecule has 1 aliphatic carbocycles.